The summed E-state index contributed by atoms with van der Waals surface area (Å²) in [5, 5.41) is 9.48. The zero-order valence-corrected chi connectivity index (χ0v) is 19.5. The third-order valence-electron chi connectivity index (χ3n) is 5.22. The van der Waals surface area contributed by atoms with Crippen molar-refractivity contribution in [1.29, 1.82) is 0 Å². The molecule has 0 amide bonds. The van der Waals surface area contributed by atoms with Crippen molar-refractivity contribution < 1.29 is 29.0 Å². The topological polar surface area (TPSA) is 108 Å². The monoisotopic (exact) mass is 464 g/mol. The van der Waals surface area contributed by atoms with Crippen LogP contribution in [0.15, 0.2) is 48.5 Å². The first kappa shape index (κ1) is 24.7. The number of rotatable bonds is 10. The number of nitrogens with zero attached hydrogens (tertiary/aromatic N) is 2. The third kappa shape index (κ3) is 5.33. The molecule has 8 heteroatoms. The Morgan fingerprint density at radius 3 is 2.18 bits per heavy atom. The summed E-state index contributed by atoms with van der Waals surface area (Å²) < 4.78 is 12.0. The van der Waals surface area contributed by atoms with E-state index < -0.39 is 17.9 Å². The van der Waals surface area contributed by atoms with Gasteiger partial charge in [0.25, 0.3) is 0 Å². The minimum atomic E-state index is -0.993. The van der Waals surface area contributed by atoms with Gasteiger partial charge in [-0.15, -0.1) is 0 Å². The number of esters is 2. The lowest BCUT2D eigenvalue weighted by atomic mass is 9.99. The lowest BCUT2D eigenvalue weighted by molar-refractivity contribution is 0.0467. The maximum atomic E-state index is 12.8. The van der Waals surface area contributed by atoms with Gasteiger partial charge in [0, 0.05) is 13.0 Å². The maximum absolute atomic E-state index is 12.8. The fourth-order valence-corrected chi connectivity index (χ4v) is 3.73. The highest BCUT2D eigenvalue weighted by molar-refractivity contribution is 6.01. The molecule has 3 rings (SSSR count). The van der Waals surface area contributed by atoms with Crippen LogP contribution in [0.4, 0.5) is 0 Å². The molecule has 178 valence electrons. The standard InChI is InChI=1S/C26H28N2O6/c1-4-9-21-27-22(25(31)33-5-2)23(26(32)34-6-3)28(21)16-17-12-14-18(15-13-17)19-10-7-8-11-20(19)24(29)30/h7-8,10-15H,4-6,9,16H2,1-3H3,(H,29,30). The van der Waals surface area contributed by atoms with Gasteiger partial charge in [0.05, 0.1) is 18.8 Å². The van der Waals surface area contributed by atoms with Crippen LogP contribution in [0.25, 0.3) is 11.1 Å². The first-order valence-corrected chi connectivity index (χ1v) is 11.3. The molecular weight excluding hydrogens is 436 g/mol. The summed E-state index contributed by atoms with van der Waals surface area (Å²) in [6.07, 6.45) is 1.34. The number of hydrogen-bond donors (Lipinski definition) is 1. The second-order valence-electron chi connectivity index (χ2n) is 7.55. The molecule has 8 nitrogen and oxygen atoms in total. The molecule has 0 saturated carbocycles. The number of aryl methyl sites for hydroxylation is 1. The molecule has 0 atom stereocenters. The molecule has 0 spiro atoms. The van der Waals surface area contributed by atoms with Gasteiger partial charge in [-0.3, -0.25) is 0 Å². The van der Waals surface area contributed by atoms with Crippen molar-refractivity contribution in [2.45, 2.75) is 40.2 Å². The van der Waals surface area contributed by atoms with E-state index in [1.54, 1.807) is 42.7 Å². The Balaban J connectivity index is 2.02. The number of carboxylic acids is 1. The Hall–Kier alpha value is -3.94. The highest BCUT2D eigenvalue weighted by atomic mass is 16.5. The number of benzene rings is 2. The molecule has 0 aliphatic heterocycles. The van der Waals surface area contributed by atoms with E-state index in [1.807, 2.05) is 31.2 Å². The molecule has 0 fully saturated rings. The van der Waals surface area contributed by atoms with E-state index in [9.17, 15) is 19.5 Å². The minimum absolute atomic E-state index is 0.0456. The number of ether oxygens (including phenoxy) is 2. The molecule has 34 heavy (non-hydrogen) atoms. The molecule has 0 aliphatic rings. The smallest absolute Gasteiger partial charge is 0.359 e. The molecule has 0 radical (unpaired) electrons. The number of aromatic carboxylic acids is 1. The minimum Gasteiger partial charge on any atom is -0.478 e. The van der Waals surface area contributed by atoms with Crippen molar-refractivity contribution in [3.63, 3.8) is 0 Å². The van der Waals surface area contributed by atoms with Gasteiger partial charge in [0.1, 0.15) is 5.82 Å². The largest absolute Gasteiger partial charge is 0.478 e. The van der Waals surface area contributed by atoms with Gasteiger partial charge < -0.3 is 19.1 Å². The maximum Gasteiger partial charge on any atom is 0.359 e. The Bertz CT molecular complexity index is 1180. The zero-order chi connectivity index (χ0) is 24.7. The van der Waals surface area contributed by atoms with Crippen LogP contribution < -0.4 is 0 Å². The molecule has 2 aromatic carbocycles. The van der Waals surface area contributed by atoms with Gasteiger partial charge in [0.2, 0.25) is 0 Å². The van der Waals surface area contributed by atoms with Gasteiger partial charge in [0.15, 0.2) is 11.4 Å². The average Bonchev–Trinajstić information content (AvgIpc) is 3.18. The van der Waals surface area contributed by atoms with Crippen LogP contribution >= 0.6 is 0 Å². The summed E-state index contributed by atoms with van der Waals surface area (Å²) in [6.45, 7) is 5.99. The molecule has 1 aromatic heterocycles. The summed E-state index contributed by atoms with van der Waals surface area (Å²) in [4.78, 5) is 41.3. The molecule has 3 aromatic rings. The Kier molecular flexibility index (Phi) is 8.19. The van der Waals surface area contributed by atoms with Gasteiger partial charge >= 0.3 is 17.9 Å². The molecule has 0 aliphatic carbocycles. The van der Waals surface area contributed by atoms with Gasteiger partial charge in [-0.2, -0.15) is 0 Å². The summed E-state index contributed by atoms with van der Waals surface area (Å²) in [6, 6.07) is 14.2. The normalized spacial score (nSPS) is 10.7. The molecule has 0 bridgehead atoms. The summed E-state index contributed by atoms with van der Waals surface area (Å²) >= 11 is 0. The fourth-order valence-electron chi connectivity index (χ4n) is 3.73. The highest BCUT2D eigenvalue weighted by Crippen LogP contribution is 2.25. The number of carbonyl (C=O) groups excluding carboxylic acids is 2. The van der Waals surface area contributed by atoms with Crippen molar-refractivity contribution in [3.05, 3.63) is 76.9 Å². The van der Waals surface area contributed by atoms with Crippen molar-refractivity contribution >= 4 is 17.9 Å². The second kappa shape index (κ2) is 11.3. The van der Waals surface area contributed by atoms with Crippen molar-refractivity contribution in [2.24, 2.45) is 0 Å². The van der Waals surface area contributed by atoms with E-state index >= 15 is 0 Å². The lowest BCUT2D eigenvalue weighted by Gasteiger charge is -2.13. The predicted octanol–water partition coefficient (Wildman–Crippen LogP) is 4.60. The van der Waals surface area contributed by atoms with Crippen LogP contribution in [0.5, 0.6) is 0 Å². The third-order valence-corrected chi connectivity index (χ3v) is 5.22. The van der Waals surface area contributed by atoms with Crippen molar-refractivity contribution in [1.82, 2.24) is 9.55 Å². The molecule has 1 N–H and O–H groups in total. The van der Waals surface area contributed by atoms with Crippen molar-refractivity contribution in [2.75, 3.05) is 13.2 Å². The number of aromatic nitrogens is 2. The number of hydrogen-bond acceptors (Lipinski definition) is 6. The van der Waals surface area contributed by atoms with Gasteiger partial charge in [-0.05, 0) is 43.0 Å². The van der Waals surface area contributed by atoms with Crippen LogP contribution in [-0.2, 0) is 22.4 Å². The summed E-state index contributed by atoms with van der Waals surface area (Å²) in [7, 11) is 0. The van der Waals surface area contributed by atoms with E-state index in [1.165, 1.54) is 0 Å². The van der Waals surface area contributed by atoms with E-state index in [2.05, 4.69) is 4.98 Å². The first-order chi connectivity index (χ1) is 16.4. The Labute approximate surface area is 198 Å². The highest BCUT2D eigenvalue weighted by Gasteiger charge is 2.29. The number of carbonyl (C=O) groups is 3. The van der Waals surface area contributed by atoms with Crippen LogP contribution in [0.2, 0.25) is 0 Å². The molecule has 0 unspecified atom stereocenters. The van der Waals surface area contributed by atoms with Crippen LogP contribution in [-0.4, -0.2) is 45.8 Å². The SMILES string of the molecule is CCCc1nc(C(=O)OCC)c(C(=O)OCC)n1Cc1ccc(-c2ccccc2C(=O)O)cc1. The first-order valence-electron chi connectivity index (χ1n) is 11.3. The summed E-state index contributed by atoms with van der Waals surface area (Å²) in [5.74, 6) is -1.70. The predicted molar refractivity (Wildman–Crippen MR) is 126 cm³/mol. The van der Waals surface area contributed by atoms with Gasteiger partial charge in [-0.1, -0.05) is 49.4 Å². The average molecular weight is 465 g/mol. The zero-order valence-electron chi connectivity index (χ0n) is 19.5. The lowest BCUT2D eigenvalue weighted by Crippen LogP contribution is -2.18. The Morgan fingerprint density at radius 1 is 0.912 bits per heavy atom. The number of imidazole rings is 1. The van der Waals surface area contributed by atoms with E-state index in [0.717, 1.165) is 17.5 Å². The number of carboxylic acid groups (broad SMARTS) is 1. The fraction of sp³-hybridized carbons (Fsp3) is 0.308. The van der Waals surface area contributed by atoms with E-state index in [-0.39, 0.29) is 36.7 Å². The van der Waals surface area contributed by atoms with Crippen LogP contribution in [0, 0.1) is 0 Å². The molecule has 1 heterocycles. The van der Waals surface area contributed by atoms with Crippen LogP contribution in [0.1, 0.15) is 69.9 Å². The quantitative estimate of drug-likeness (QED) is 0.437. The van der Waals surface area contributed by atoms with Crippen LogP contribution in [0.3, 0.4) is 0 Å². The Morgan fingerprint density at radius 2 is 1.56 bits per heavy atom. The summed E-state index contributed by atoms with van der Waals surface area (Å²) in [5.41, 5.74) is 2.48. The molecular formula is C26H28N2O6. The van der Waals surface area contributed by atoms with E-state index in [0.29, 0.717) is 17.8 Å². The second-order valence-corrected chi connectivity index (χ2v) is 7.55. The van der Waals surface area contributed by atoms with Crippen molar-refractivity contribution in [3.8, 4) is 11.1 Å². The van der Waals surface area contributed by atoms with E-state index in [4.69, 9.17) is 9.47 Å². The van der Waals surface area contributed by atoms with Gasteiger partial charge in [-0.25, -0.2) is 19.4 Å². The molecule has 0 saturated heterocycles.